The molecule has 1 aliphatic heterocycles. The quantitative estimate of drug-likeness (QED) is 0.875. The summed E-state index contributed by atoms with van der Waals surface area (Å²) in [6.45, 7) is 6.08. The van der Waals surface area contributed by atoms with Crippen molar-refractivity contribution < 1.29 is 9.90 Å². The molecule has 0 aromatic heterocycles. The third-order valence-electron chi connectivity index (χ3n) is 4.21. The molecule has 2 rings (SSSR count). The second-order valence-corrected chi connectivity index (χ2v) is 5.98. The van der Waals surface area contributed by atoms with Crippen molar-refractivity contribution >= 4 is 11.6 Å². The van der Waals surface area contributed by atoms with E-state index in [1.54, 1.807) is 0 Å². The highest BCUT2D eigenvalue weighted by molar-refractivity contribution is 5.92. The average molecular weight is 290 g/mol. The minimum Gasteiger partial charge on any atom is -0.393 e. The second kappa shape index (κ2) is 7.57. The minimum atomic E-state index is -0.294. The molecule has 0 saturated carbocycles. The van der Waals surface area contributed by atoms with Crippen LogP contribution in [0.1, 0.15) is 32.3 Å². The zero-order valence-electron chi connectivity index (χ0n) is 13.0. The topological polar surface area (TPSA) is 52.6 Å². The van der Waals surface area contributed by atoms with E-state index in [0.717, 1.165) is 38.0 Å². The molecule has 1 fully saturated rings. The van der Waals surface area contributed by atoms with Gasteiger partial charge in [-0.3, -0.25) is 9.69 Å². The summed E-state index contributed by atoms with van der Waals surface area (Å²) in [6.07, 6.45) is 2.77. The Hall–Kier alpha value is -1.39. The third-order valence-corrected chi connectivity index (χ3v) is 4.21. The Labute approximate surface area is 127 Å². The van der Waals surface area contributed by atoms with Crippen molar-refractivity contribution in [2.75, 3.05) is 25.0 Å². The van der Waals surface area contributed by atoms with Crippen molar-refractivity contribution in [1.82, 2.24) is 4.90 Å². The molecule has 1 aliphatic rings. The lowest BCUT2D eigenvalue weighted by atomic mass is 9.93. The van der Waals surface area contributed by atoms with Gasteiger partial charge < -0.3 is 10.4 Å². The Morgan fingerprint density at radius 1 is 1.52 bits per heavy atom. The van der Waals surface area contributed by atoms with Crippen LogP contribution in [0.3, 0.4) is 0 Å². The Balaban J connectivity index is 1.86. The number of benzene rings is 1. The Kier molecular flexibility index (Phi) is 5.76. The predicted octanol–water partition coefficient (Wildman–Crippen LogP) is 2.28. The van der Waals surface area contributed by atoms with Gasteiger partial charge in [-0.15, -0.1) is 0 Å². The maximum atomic E-state index is 12.1. The number of rotatable bonds is 5. The molecule has 4 heteroatoms. The summed E-state index contributed by atoms with van der Waals surface area (Å²) in [6, 6.07) is 7.98. The number of nitrogens with zero attached hydrogens (tertiary/aromatic N) is 1. The number of nitrogens with one attached hydrogen (secondary N) is 1. The molecule has 4 nitrogen and oxygen atoms in total. The first-order chi connectivity index (χ1) is 10.1. The normalized spacial score (nSPS) is 21.0. The van der Waals surface area contributed by atoms with Crippen LogP contribution in [0.4, 0.5) is 5.69 Å². The van der Waals surface area contributed by atoms with Crippen LogP contribution in [0, 0.1) is 5.92 Å². The lowest BCUT2D eigenvalue weighted by molar-refractivity contribution is -0.118. The molecular weight excluding hydrogens is 264 g/mol. The number of carbonyl (C=O) groups excluding carboxylic acids is 1. The minimum absolute atomic E-state index is 0.0227. The molecule has 0 spiro atoms. The number of likely N-dealkylation sites (tertiary alicyclic amines) is 1. The van der Waals surface area contributed by atoms with E-state index in [4.69, 9.17) is 0 Å². The lowest BCUT2D eigenvalue weighted by Crippen LogP contribution is -2.43. The van der Waals surface area contributed by atoms with E-state index in [9.17, 15) is 9.90 Å². The molecule has 116 valence electrons. The molecule has 1 aromatic rings. The number of amides is 1. The fourth-order valence-corrected chi connectivity index (χ4v) is 2.90. The first-order valence-electron chi connectivity index (χ1n) is 7.87. The van der Waals surface area contributed by atoms with Gasteiger partial charge in [-0.1, -0.05) is 19.1 Å². The second-order valence-electron chi connectivity index (χ2n) is 5.98. The Morgan fingerprint density at radius 3 is 3.05 bits per heavy atom. The largest absolute Gasteiger partial charge is 0.393 e. The summed E-state index contributed by atoms with van der Waals surface area (Å²) in [5.74, 6) is 0.310. The number of hydrogen-bond acceptors (Lipinski definition) is 3. The number of aryl methyl sites for hydroxylation is 1. The van der Waals surface area contributed by atoms with Gasteiger partial charge in [0, 0.05) is 12.2 Å². The summed E-state index contributed by atoms with van der Waals surface area (Å²) >= 11 is 0. The maximum absolute atomic E-state index is 12.1. The first-order valence-corrected chi connectivity index (χ1v) is 7.87. The fourth-order valence-electron chi connectivity index (χ4n) is 2.90. The summed E-state index contributed by atoms with van der Waals surface area (Å²) in [5, 5.41) is 12.7. The van der Waals surface area contributed by atoms with Gasteiger partial charge in [0.25, 0.3) is 0 Å². The molecule has 1 amide bonds. The number of anilines is 1. The summed E-state index contributed by atoms with van der Waals surface area (Å²) < 4.78 is 0. The van der Waals surface area contributed by atoms with Gasteiger partial charge >= 0.3 is 0 Å². The van der Waals surface area contributed by atoms with Crippen LogP contribution in [0.15, 0.2) is 24.3 Å². The van der Waals surface area contributed by atoms with Crippen molar-refractivity contribution in [1.29, 1.82) is 0 Å². The van der Waals surface area contributed by atoms with Gasteiger partial charge in [0.05, 0.1) is 12.6 Å². The van der Waals surface area contributed by atoms with E-state index in [-0.39, 0.29) is 17.9 Å². The highest BCUT2D eigenvalue weighted by atomic mass is 16.3. The molecule has 2 atom stereocenters. The Bertz CT molecular complexity index is 474. The van der Waals surface area contributed by atoms with E-state index in [1.165, 1.54) is 5.56 Å². The van der Waals surface area contributed by atoms with Crippen molar-refractivity contribution in [3.63, 3.8) is 0 Å². The molecule has 0 aliphatic carbocycles. The number of aliphatic hydroxyl groups is 1. The van der Waals surface area contributed by atoms with Crippen LogP contribution in [-0.2, 0) is 11.2 Å². The summed E-state index contributed by atoms with van der Waals surface area (Å²) in [4.78, 5) is 14.3. The molecule has 0 bridgehead atoms. The molecule has 0 radical (unpaired) electrons. The molecule has 21 heavy (non-hydrogen) atoms. The summed E-state index contributed by atoms with van der Waals surface area (Å²) in [5.41, 5.74) is 2.09. The van der Waals surface area contributed by atoms with Crippen LogP contribution in [0.2, 0.25) is 0 Å². The monoisotopic (exact) mass is 290 g/mol. The third kappa shape index (κ3) is 4.83. The van der Waals surface area contributed by atoms with Crippen LogP contribution < -0.4 is 5.32 Å². The number of aliphatic hydroxyl groups excluding tert-OH is 1. The van der Waals surface area contributed by atoms with Crippen molar-refractivity contribution in [3.8, 4) is 0 Å². The van der Waals surface area contributed by atoms with Crippen LogP contribution in [0.25, 0.3) is 0 Å². The smallest absolute Gasteiger partial charge is 0.238 e. The molecule has 1 aromatic carbocycles. The van der Waals surface area contributed by atoms with E-state index < -0.39 is 0 Å². The van der Waals surface area contributed by atoms with Gasteiger partial charge in [-0.25, -0.2) is 0 Å². The van der Waals surface area contributed by atoms with Gasteiger partial charge in [-0.2, -0.15) is 0 Å². The number of piperidine rings is 1. The maximum Gasteiger partial charge on any atom is 0.238 e. The zero-order valence-corrected chi connectivity index (χ0v) is 13.0. The standard InChI is InChI=1S/C17H26N2O2/c1-3-14-6-4-8-16(10-14)18-17(21)12-19-9-5-7-15(11-19)13(2)20/h4,6,8,10,13,15,20H,3,5,7,9,11-12H2,1-2H3,(H,18,21). The highest BCUT2D eigenvalue weighted by Crippen LogP contribution is 2.19. The fraction of sp³-hybridized carbons (Fsp3) is 0.588. The van der Waals surface area contributed by atoms with Crippen molar-refractivity contribution in [2.24, 2.45) is 5.92 Å². The van der Waals surface area contributed by atoms with Gasteiger partial charge in [0.15, 0.2) is 0 Å². The van der Waals surface area contributed by atoms with Crippen molar-refractivity contribution in [2.45, 2.75) is 39.2 Å². The first kappa shape index (κ1) is 16.0. The molecular formula is C17H26N2O2. The highest BCUT2D eigenvalue weighted by Gasteiger charge is 2.24. The van der Waals surface area contributed by atoms with Crippen molar-refractivity contribution in [3.05, 3.63) is 29.8 Å². The van der Waals surface area contributed by atoms with E-state index in [0.29, 0.717) is 6.54 Å². The molecule has 1 heterocycles. The van der Waals surface area contributed by atoms with E-state index in [1.807, 2.05) is 25.1 Å². The number of carbonyl (C=O) groups is 1. The van der Waals surface area contributed by atoms with Gasteiger partial charge in [0.2, 0.25) is 5.91 Å². The van der Waals surface area contributed by atoms with E-state index in [2.05, 4.69) is 23.2 Å². The average Bonchev–Trinajstić information content (AvgIpc) is 2.47. The Morgan fingerprint density at radius 2 is 2.33 bits per heavy atom. The van der Waals surface area contributed by atoms with Gasteiger partial charge in [0.1, 0.15) is 0 Å². The SMILES string of the molecule is CCc1cccc(NC(=O)CN2CCCC(C(C)O)C2)c1. The van der Waals surface area contributed by atoms with Crippen LogP contribution in [0.5, 0.6) is 0 Å². The summed E-state index contributed by atoms with van der Waals surface area (Å²) in [7, 11) is 0. The zero-order chi connectivity index (χ0) is 15.2. The lowest BCUT2D eigenvalue weighted by Gasteiger charge is -2.33. The van der Waals surface area contributed by atoms with Crippen LogP contribution >= 0.6 is 0 Å². The molecule has 2 N–H and O–H groups in total. The predicted molar refractivity (Wildman–Crippen MR) is 85.3 cm³/mol. The van der Waals surface area contributed by atoms with Crippen LogP contribution in [-0.4, -0.2) is 41.7 Å². The molecule has 1 saturated heterocycles. The number of hydrogen-bond donors (Lipinski definition) is 2. The molecule has 2 unspecified atom stereocenters. The van der Waals surface area contributed by atoms with E-state index >= 15 is 0 Å². The van der Waals surface area contributed by atoms with Gasteiger partial charge in [-0.05, 0) is 56.3 Å².